The minimum Gasteiger partial charge on any atom is -0.360 e. The van der Waals surface area contributed by atoms with Crippen molar-refractivity contribution in [3.8, 4) is 11.8 Å². The second-order valence-corrected chi connectivity index (χ2v) is 6.54. The Morgan fingerprint density at radius 3 is 2.76 bits per heavy atom. The van der Waals surface area contributed by atoms with Crippen LogP contribution in [-0.4, -0.2) is 34.5 Å². The summed E-state index contributed by atoms with van der Waals surface area (Å²) < 4.78 is 4.88. The maximum Gasteiger partial charge on any atom is 0.238 e. The number of thioether (sulfide) groups is 1. The molecule has 1 aromatic heterocycles. The molecule has 7 heteroatoms. The molecule has 1 heterocycles. The van der Waals surface area contributed by atoms with E-state index in [1.807, 2.05) is 30.3 Å². The molecule has 0 unspecified atom stereocenters. The van der Waals surface area contributed by atoms with Gasteiger partial charge in [0.15, 0.2) is 5.82 Å². The summed E-state index contributed by atoms with van der Waals surface area (Å²) in [5.41, 5.74) is 0.902. The largest absolute Gasteiger partial charge is 0.360 e. The monoisotopic (exact) mass is 357 g/mol. The number of carbonyl (C=O) groups is 2. The van der Waals surface area contributed by atoms with Crippen molar-refractivity contribution in [2.45, 2.75) is 19.1 Å². The highest BCUT2D eigenvalue weighted by atomic mass is 32.2. The Bertz CT molecular complexity index is 778. The number of benzene rings is 1. The number of hydrogen-bond acceptors (Lipinski definition) is 5. The zero-order valence-electron chi connectivity index (χ0n) is 14.0. The van der Waals surface area contributed by atoms with Crippen molar-refractivity contribution >= 4 is 29.4 Å². The van der Waals surface area contributed by atoms with Gasteiger partial charge in [-0.1, -0.05) is 35.2 Å². The second-order valence-electron chi connectivity index (χ2n) is 5.21. The first-order chi connectivity index (χ1) is 12.0. The van der Waals surface area contributed by atoms with E-state index in [9.17, 15) is 9.59 Å². The van der Waals surface area contributed by atoms with E-state index in [2.05, 4.69) is 27.6 Å². The van der Waals surface area contributed by atoms with Gasteiger partial charge in [-0.05, 0) is 26.0 Å². The molecule has 0 fully saturated rings. The molecule has 2 amide bonds. The van der Waals surface area contributed by atoms with Crippen molar-refractivity contribution in [1.82, 2.24) is 10.5 Å². The van der Waals surface area contributed by atoms with Gasteiger partial charge in [0, 0.05) is 11.6 Å². The van der Waals surface area contributed by atoms with Crippen LogP contribution in [0.25, 0.3) is 0 Å². The molecule has 0 radical (unpaired) electrons. The minimum atomic E-state index is -0.391. The average Bonchev–Trinajstić information content (AvgIpc) is 3.02. The molecule has 1 aromatic carbocycles. The lowest BCUT2D eigenvalue weighted by molar-refractivity contribution is -0.118. The Labute approximate surface area is 150 Å². The number of nitrogens with zero attached hydrogens (tertiary/aromatic N) is 1. The molecular weight excluding hydrogens is 338 g/mol. The standard InChI is InChI=1S/C18H19N3O3S/c1-13-11-16(21-24-13)20-18(23)14(2)25-12-17(22)19-10-6-9-15-7-4-3-5-8-15/h3-5,7-8,11,14H,10,12H2,1-2H3,(H,19,22)(H,20,21,23)/t14-/m0/s1. The predicted octanol–water partition coefficient (Wildman–Crippen LogP) is 2.21. The zero-order chi connectivity index (χ0) is 18.1. The van der Waals surface area contributed by atoms with E-state index < -0.39 is 5.25 Å². The number of carbonyl (C=O) groups excluding carboxylic acids is 2. The van der Waals surface area contributed by atoms with Gasteiger partial charge in [-0.25, -0.2) is 0 Å². The number of rotatable bonds is 6. The first kappa shape index (κ1) is 18.6. The molecule has 2 N–H and O–H groups in total. The van der Waals surface area contributed by atoms with E-state index in [-0.39, 0.29) is 24.1 Å². The van der Waals surface area contributed by atoms with Gasteiger partial charge in [0.1, 0.15) is 5.76 Å². The van der Waals surface area contributed by atoms with E-state index in [4.69, 9.17) is 4.52 Å². The van der Waals surface area contributed by atoms with Crippen LogP contribution in [0.1, 0.15) is 18.2 Å². The van der Waals surface area contributed by atoms with E-state index in [1.54, 1.807) is 19.9 Å². The summed E-state index contributed by atoms with van der Waals surface area (Å²) >= 11 is 1.24. The van der Waals surface area contributed by atoms with Gasteiger partial charge in [-0.2, -0.15) is 0 Å². The van der Waals surface area contributed by atoms with Gasteiger partial charge < -0.3 is 15.2 Å². The molecule has 2 aromatic rings. The van der Waals surface area contributed by atoms with Gasteiger partial charge in [-0.15, -0.1) is 11.8 Å². The maximum absolute atomic E-state index is 12.0. The molecule has 25 heavy (non-hydrogen) atoms. The zero-order valence-corrected chi connectivity index (χ0v) is 14.9. The highest BCUT2D eigenvalue weighted by Gasteiger charge is 2.16. The average molecular weight is 357 g/mol. The van der Waals surface area contributed by atoms with E-state index in [0.717, 1.165) is 5.56 Å². The molecule has 1 atom stereocenters. The topological polar surface area (TPSA) is 84.2 Å². The summed E-state index contributed by atoms with van der Waals surface area (Å²) in [6.45, 7) is 3.74. The Hall–Kier alpha value is -2.72. The molecule has 0 aliphatic rings. The van der Waals surface area contributed by atoms with Crippen molar-refractivity contribution in [2.24, 2.45) is 0 Å². The first-order valence-corrected chi connectivity index (χ1v) is 8.76. The fraction of sp³-hybridized carbons (Fsp3) is 0.278. The summed E-state index contributed by atoms with van der Waals surface area (Å²) in [7, 11) is 0. The summed E-state index contributed by atoms with van der Waals surface area (Å²) in [5.74, 6) is 6.63. The molecule has 0 aliphatic carbocycles. The smallest absolute Gasteiger partial charge is 0.238 e. The second kappa shape index (κ2) is 9.55. The predicted molar refractivity (Wildman–Crippen MR) is 98.1 cm³/mol. The highest BCUT2D eigenvalue weighted by molar-refractivity contribution is 8.01. The van der Waals surface area contributed by atoms with Crippen LogP contribution in [0.4, 0.5) is 5.82 Å². The number of aromatic nitrogens is 1. The summed E-state index contributed by atoms with van der Waals surface area (Å²) in [6.07, 6.45) is 0. The fourth-order valence-electron chi connectivity index (χ4n) is 1.79. The maximum atomic E-state index is 12.0. The van der Waals surface area contributed by atoms with Crippen LogP contribution in [0.3, 0.4) is 0 Å². The summed E-state index contributed by atoms with van der Waals surface area (Å²) in [6, 6.07) is 11.2. The number of nitrogens with one attached hydrogen (secondary N) is 2. The van der Waals surface area contributed by atoms with Crippen LogP contribution in [0.5, 0.6) is 0 Å². The fourth-order valence-corrected chi connectivity index (χ4v) is 2.50. The van der Waals surface area contributed by atoms with Crippen LogP contribution >= 0.6 is 11.8 Å². The molecule has 0 aliphatic heterocycles. The van der Waals surface area contributed by atoms with Crippen molar-refractivity contribution in [3.63, 3.8) is 0 Å². The molecule has 0 spiro atoms. The quantitative estimate of drug-likeness (QED) is 0.775. The Kier molecular flexibility index (Phi) is 7.11. The van der Waals surface area contributed by atoms with Crippen LogP contribution in [-0.2, 0) is 9.59 Å². The van der Waals surface area contributed by atoms with E-state index >= 15 is 0 Å². The summed E-state index contributed by atoms with van der Waals surface area (Å²) in [5, 5.41) is 8.65. The molecular formula is C18H19N3O3S. The number of hydrogen-bond donors (Lipinski definition) is 2. The molecule has 2 rings (SSSR count). The third-order valence-corrected chi connectivity index (χ3v) is 4.24. The van der Waals surface area contributed by atoms with Crippen molar-refractivity contribution in [1.29, 1.82) is 0 Å². The van der Waals surface area contributed by atoms with Crippen LogP contribution < -0.4 is 10.6 Å². The van der Waals surface area contributed by atoms with Crippen molar-refractivity contribution < 1.29 is 14.1 Å². The van der Waals surface area contributed by atoms with E-state index in [1.165, 1.54) is 11.8 Å². The van der Waals surface area contributed by atoms with Crippen LogP contribution in [0.15, 0.2) is 40.9 Å². The van der Waals surface area contributed by atoms with Crippen molar-refractivity contribution in [2.75, 3.05) is 17.6 Å². The first-order valence-electron chi connectivity index (χ1n) is 7.71. The van der Waals surface area contributed by atoms with Crippen LogP contribution in [0.2, 0.25) is 0 Å². The summed E-state index contributed by atoms with van der Waals surface area (Å²) in [4.78, 5) is 23.8. The van der Waals surface area contributed by atoms with E-state index in [0.29, 0.717) is 11.6 Å². The highest BCUT2D eigenvalue weighted by Crippen LogP contribution is 2.14. The normalized spacial score (nSPS) is 11.1. The Balaban J connectivity index is 1.67. The SMILES string of the molecule is Cc1cc(NC(=O)[C@H](C)SCC(=O)NCC#Cc2ccccc2)no1. The van der Waals surface area contributed by atoms with Gasteiger partial charge in [-0.3, -0.25) is 9.59 Å². The molecule has 0 saturated carbocycles. The lowest BCUT2D eigenvalue weighted by atomic mass is 10.2. The third kappa shape index (κ3) is 6.73. The van der Waals surface area contributed by atoms with Crippen LogP contribution in [0, 0.1) is 18.8 Å². The molecule has 6 nitrogen and oxygen atoms in total. The Morgan fingerprint density at radius 2 is 2.08 bits per heavy atom. The molecule has 130 valence electrons. The Morgan fingerprint density at radius 1 is 1.32 bits per heavy atom. The minimum absolute atomic E-state index is 0.163. The van der Waals surface area contributed by atoms with Gasteiger partial charge in [0.2, 0.25) is 11.8 Å². The third-order valence-electron chi connectivity index (χ3n) is 3.09. The van der Waals surface area contributed by atoms with Gasteiger partial charge in [0.05, 0.1) is 17.5 Å². The number of aryl methyl sites for hydroxylation is 1. The lowest BCUT2D eigenvalue weighted by Gasteiger charge is -2.09. The van der Waals surface area contributed by atoms with Crippen molar-refractivity contribution in [3.05, 3.63) is 47.7 Å². The number of amides is 2. The molecule has 0 bridgehead atoms. The van der Waals surface area contributed by atoms with Gasteiger partial charge >= 0.3 is 0 Å². The molecule has 0 saturated heterocycles. The number of anilines is 1. The lowest BCUT2D eigenvalue weighted by Crippen LogP contribution is -2.28. The van der Waals surface area contributed by atoms with Gasteiger partial charge in [0.25, 0.3) is 0 Å².